The minimum atomic E-state index is -4.46. The van der Waals surface area contributed by atoms with Gasteiger partial charge in [0.1, 0.15) is 12.4 Å². The van der Waals surface area contributed by atoms with Crippen LogP contribution in [0.5, 0.6) is 0 Å². The third-order valence-electron chi connectivity index (χ3n) is 5.28. The van der Waals surface area contributed by atoms with Crippen molar-refractivity contribution in [1.82, 2.24) is 10.2 Å². The Balaban J connectivity index is 1.69. The van der Waals surface area contributed by atoms with Gasteiger partial charge in [-0.2, -0.15) is 13.2 Å². The Labute approximate surface area is 187 Å². The molecule has 1 unspecified atom stereocenters. The molecule has 2 aromatic carbocycles. The Kier molecular flexibility index (Phi) is 7.15. The molecule has 2 aromatic rings. The van der Waals surface area contributed by atoms with Crippen LogP contribution in [0.2, 0.25) is 0 Å². The Morgan fingerprint density at radius 3 is 2.30 bits per heavy atom. The molecule has 7 nitrogen and oxygen atoms in total. The van der Waals surface area contributed by atoms with Gasteiger partial charge >= 0.3 is 12.1 Å². The normalized spacial score (nSPS) is 14.7. The molecule has 2 amide bonds. The van der Waals surface area contributed by atoms with Crippen LogP contribution in [0, 0.1) is 0 Å². The fraction of sp³-hybridized carbons (Fsp3) is 0.304. The van der Waals surface area contributed by atoms with Gasteiger partial charge in [-0.3, -0.25) is 19.4 Å². The Morgan fingerprint density at radius 1 is 1.12 bits per heavy atom. The number of hydrogen-bond donors (Lipinski definition) is 2. The summed E-state index contributed by atoms with van der Waals surface area (Å²) in [7, 11) is 0. The number of carbonyl (C=O) groups is 3. The zero-order chi connectivity index (χ0) is 24.2. The second-order valence-electron chi connectivity index (χ2n) is 7.44. The molecule has 0 fully saturated rings. The second kappa shape index (κ2) is 9.85. The lowest BCUT2D eigenvalue weighted by molar-refractivity contribution is -0.138. The van der Waals surface area contributed by atoms with Crippen molar-refractivity contribution in [3.05, 3.63) is 70.8 Å². The third-order valence-corrected chi connectivity index (χ3v) is 5.28. The molecule has 174 valence electrons. The van der Waals surface area contributed by atoms with Crippen molar-refractivity contribution in [3.8, 4) is 0 Å². The summed E-state index contributed by atoms with van der Waals surface area (Å²) in [6.07, 6.45) is -4.08. The minimum Gasteiger partial charge on any atom is -0.481 e. The first kappa shape index (κ1) is 24.0. The number of aliphatic imine (C=N–C) groups is 1. The topological polar surface area (TPSA) is 99.1 Å². The summed E-state index contributed by atoms with van der Waals surface area (Å²) < 4.78 is 38.4. The van der Waals surface area contributed by atoms with Gasteiger partial charge in [0.2, 0.25) is 0 Å². The molecule has 0 aromatic heterocycles. The zero-order valence-corrected chi connectivity index (χ0v) is 17.7. The number of rotatable bonds is 8. The maximum atomic E-state index is 13.0. The van der Waals surface area contributed by atoms with Gasteiger partial charge in [-0.25, -0.2) is 0 Å². The van der Waals surface area contributed by atoms with Gasteiger partial charge < -0.3 is 15.3 Å². The van der Waals surface area contributed by atoms with Crippen molar-refractivity contribution in [1.29, 1.82) is 0 Å². The van der Waals surface area contributed by atoms with E-state index in [2.05, 4.69) is 10.3 Å². The highest BCUT2D eigenvalue weighted by Crippen LogP contribution is 2.31. The summed E-state index contributed by atoms with van der Waals surface area (Å²) in [5.74, 6) is -1.79. The van der Waals surface area contributed by atoms with Crippen LogP contribution >= 0.6 is 0 Å². The molecule has 1 aliphatic heterocycles. The number of aliphatic carboxylic acids is 1. The van der Waals surface area contributed by atoms with E-state index in [0.717, 1.165) is 17.7 Å². The van der Waals surface area contributed by atoms with Crippen LogP contribution in [0.3, 0.4) is 0 Å². The molecule has 33 heavy (non-hydrogen) atoms. The lowest BCUT2D eigenvalue weighted by atomic mass is 10.00. The van der Waals surface area contributed by atoms with Crippen LogP contribution in [0.4, 0.5) is 13.2 Å². The number of halogens is 3. The number of carbonyl (C=O) groups excluding carboxylic acids is 2. The molecule has 1 atom stereocenters. The average molecular weight is 461 g/mol. The number of nitrogens with one attached hydrogen (secondary N) is 1. The van der Waals surface area contributed by atoms with Crippen molar-refractivity contribution < 1.29 is 32.7 Å². The van der Waals surface area contributed by atoms with Crippen LogP contribution in [0.1, 0.15) is 52.9 Å². The van der Waals surface area contributed by atoms with Crippen molar-refractivity contribution in [3.63, 3.8) is 0 Å². The van der Waals surface area contributed by atoms with E-state index in [1.54, 1.807) is 24.3 Å². The number of hydrogen-bond acceptors (Lipinski definition) is 4. The smallest absolute Gasteiger partial charge is 0.416 e. The lowest BCUT2D eigenvalue weighted by Crippen LogP contribution is -2.34. The van der Waals surface area contributed by atoms with Gasteiger partial charge in [0, 0.05) is 17.7 Å². The number of carboxylic acids is 1. The summed E-state index contributed by atoms with van der Waals surface area (Å²) in [5, 5.41) is 11.2. The number of benzene rings is 2. The molecule has 0 bridgehead atoms. The van der Waals surface area contributed by atoms with E-state index in [0.29, 0.717) is 17.5 Å². The van der Waals surface area contributed by atoms with E-state index in [4.69, 9.17) is 5.11 Å². The van der Waals surface area contributed by atoms with Crippen molar-refractivity contribution >= 4 is 23.5 Å². The van der Waals surface area contributed by atoms with Gasteiger partial charge in [0.25, 0.3) is 11.8 Å². The molecule has 0 radical (unpaired) electrons. The summed E-state index contributed by atoms with van der Waals surface area (Å²) in [4.78, 5) is 41.4. The largest absolute Gasteiger partial charge is 0.481 e. The van der Waals surface area contributed by atoms with E-state index in [-0.39, 0.29) is 37.3 Å². The van der Waals surface area contributed by atoms with Gasteiger partial charge in [-0.15, -0.1) is 0 Å². The molecular formula is C23H22F3N3O4. The van der Waals surface area contributed by atoms with E-state index < -0.39 is 23.6 Å². The molecule has 3 rings (SSSR count). The van der Waals surface area contributed by atoms with Crippen molar-refractivity contribution in [2.45, 2.75) is 32.0 Å². The summed E-state index contributed by atoms with van der Waals surface area (Å²) in [6.45, 7) is 1.98. The maximum absolute atomic E-state index is 13.0. The van der Waals surface area contributed by atoms with E-state index >= 15 is 0 Å². The van der Waals surface area contributed by atoms with Gasteiger partial charge in [-0.05, 0) is 36.2 Å². The molecule has 10 heteroatoms. The third kappa shape index (κ3) is 5.57. The molecule has 0 saturated heterocycles. The molecule has 0 aliphatic carbocycles. The Hall–Kier alpha value is -3.69. The quantitative estimate of drug-likeness (QED) is 0.627. The van der Waals surface area contributed by atoms with Gasteiger partial charge in [0.15, 0.2) is 0 Å². The SMILES string of the molecule is CCC(c1ccc(C(=O)NCCC(=O)O)cc1)N1CN=C(c2ccc(C(F)(F)F)cc2)C1=O. The van der Waals surface area contributed by atoms with Gasteiger partial charge in [-0.1, -0.05) is 31.2 Å². The monoisotopic (exact) mass is 461 g/mol. The fourth-order valence-corrected chi connectivity index (χ4v) is 3.56. The first-order valence-electron chi connectivity index (χ1n) is 10.2. The molecule has 2 N–H and O–H groups in total. The van der Waals surface area contributed by atoms with Crippen LogP contribution in [0.25, 0.3) is 0 Å². The van der Waals surface area contributed by atoms with E-state index in [1.807, 2.05) is 6.92 Å². The Bertz CT molecular complexity index is 1060. The number of carboxylic acid groups (broad SMARTS) is 1. The van der Waals surface area contributed by atoms with Crippen LogP contribution in [-0.2, 0) is 15.8 Å². The molecular weight excluding hydrogens is 439 g/mol. The minimum absolute atomic E-state index is 0.0137. The van der Waals surface area contributed by atoms with Gasteiger partial charge in [0.05, 0.1) is 18.0 Å². The zero-order valence-electron chi connectivity index (χ0n) is 17.7. The van der Waals surface area contributed by atoms with Crippen molar-refractivity contribution in [2.75, 3.05) is 13.2 Å². The van der Waals surface area contributed by atoms with E-state index in [9.17, 15) is 27.6 Å². The standard InChI is InChI=1S/C23H22F3N3O4/c1-2-18(14-3-5-16(6-4-14)21(32)27-12-11-19(30)31)29-13-28-20(22(29)33)15-7-9-17(10-8-15)23(24,25)26/h3-10,18H,2,11-13H2,1H3,(H,27,32)(H,30,31). The fourth-order valence-electron chi connectivity index (χ4n) is 3.56. The predicted octanol–water partition coefficient (Wildman–Crippen LogP) is 3.65. The number of nitrogens with zero attached hydrogens (tertiary/aromatic N) is 2. The first-order valence-corrected chi connectivity index (χ1v) is 10.2. The summed E-state index contributed by atoms with van der Waals surface area (Å²) in [6, 6.07) is 10.6. The first-order chi connectivity index (χ1) is 15.6. The number of amides is 2. The van der Waals surface area contributed by atoms with Crippen LogP contribution in [0.15, 0.2) is 53.5 Å². The lowest BCUT2D eigenvalue weighted by Gasteiger charge is -2.26. The molecule has 0 spiro atoms. The highest BCUT2D eigenvalue weighted by molar-refractivity contribution is 6.46. The number of alkyl halides is 3. The maximum Gasteiger partial charge on any atom is 0.416 e. The Morgan fingerprint density at radius 2 is 1.76 bits per heavy atom. The molecule has 1 aliphatic rings. The highest BCUT2D eigenvalue weighted by atomic mass is 19.4. The van der Waals surface area contributed by atoms with E-state index in [1.165, 1.54) is 17.0 Å². The molecule has 0 saturated carbocycles. The van der Waals surface area contributed by atoms with Crippen molar-refractivity contribution in [2.24, 2.45) is 4.99 Å². The van der Waals surface area contributed by atoms with Crippen LogP contribution in [-0.4, -0.2) is 46.7 Å². The predicted molar refractivity (Wildman–Crippen MR) is 114 cm³/mol. The average Bonchev–Trinajstić information content (AvgIpc) is 3.15. The summed E-state index contributed by atoms with van der Waals surface area (Å²) in [5.41, 5.74) is 0.758. The molecule has 1 heterocycles. The second-order valence-corrected chi connectivity index (χ2v) is 7.44. The summed E-state index contributed by atoms with van der Waals surface area (Å²) >= 11 is 0. The van der Waals surface area contributed by atoms with Crippen LogP contribution < -0.4 is 5.32 Å². The highest BCUT2D eigenvalue weighted by Gasteiger charge is 2.34.